The first-order valence-electron chi connectivity index (χ1n) is 8.71. The van der Waals surface area contributed by atoms with E-state index in [4.69, 9.17) is 9.47 Å². The first-order chi connectivity index (χ1) is 14.3. The van der Waals surface area contributed by atoms with Crippen molar-refractivity contribution in [3.05, 3.63) is 66.1 Å². The van der Waals surface area contributed by atoms with Crippen LogP contribution in [-0.2, 0) is 10.0 Å². The van der Waals surface area contributed by atoms with Gasteiger partial charge >= 0.3 is 0 Å². The number of fused-ring (bicyclic) bond motifs is 2. The number of nitrogens with one attached hydrogen (secondary N) is 1. The van der Waals surface area contributed by atoms with E-state index in [1.807, 2.05) is 0 Å². The molecule has 0 unspecified atom stereocenters. The Morgan fingerprint density at radius 1 is 1.13 bits per heavy atom. The van der Waals surface area contributed by atoms with Crippen molar-refractivity contribution < 1.29 is 27.1 Å². The predicted octanol–water partition coefficient (Wildman–Crippen LogP) is 3.41. The fourth-order valence-electron chi connectivity index (χ4n) is 2.99. The standard InChI is InChI=1S/C20H16FN3O5S/c1-24-19-18(4-3-9-22-19)29-16-8-6-13(11-14(16)20(24)25)30(26,27)23-12-5-7-17(28-2)15(21)10-12/h3-11,23H,1-2H3. The SMILES string of the molecule is COc1ccc(NS(=O)(=O)c2ccc3c(c2)C(=O)N(C)c2ncccc2O3)cc1F. The van der Waals surface area contributed by atoms with Gasteiger partial charge in [-0.15, -0.1) is 0 Å². The molecule has 10 heteroatoms. The van der Waals surface area contributed by atoms with Crippen molar-refractivity contribution in [2.45, 2.75) is 4.90 Å². The first kappa shape index (κ1) is 19.6. The van der Waals surface area contributed by atoms with Gasteiger partial charge in [0.1, 0.15) is 5.75 Å². The van der Waals surface area contributed by atoms with Gasteiger partial charge in [0.2, 0.25) is 0 Å². The van der Waals surface area contributed by atoms with Crippen LogP contribution in [0.4, 0.5) is 15.9 Å². The highest BCUT2D eigenvalue weighted by Gasteiger charge is 2.28. The Balaban J connectivity index is 1.70. The number of methoxy groups -OCH3 is 1. The largest absolute Gasteiger partial charge is 0.494 e. The third kappa shape index (κ3) is 3.41. The molecule has 154 valence electrons. The molecule has 0 saturated heterocycles. The number of halogens is 1. The smallest absolute Gasteiger partial charge is 0.263 e. The molecule has 1 aliphatic heterocycles. The maximum atomic E-state index is 13.9. The highest BCUT2D eigenvalue weighted by atomic mass is 32.2. The van der Waals surface area contributed by atoms with Crippen molar-refractivity contribution in [2.75, 3.05) is 23.8 Å². The van der Waals surface area contributed by atoms with Crippen molar-refractivity contribution in [2.24, 2.45) is 0 Å². The number of carbonyl (C=O) groups excluding carboxylic acids is 1. The average molecular weight is 429 g/mol. The summed E-state index contributed by atoms with van der Waals surface area (Å²) in [4.78, 5) is 18.1. The molecule has 30 heavy (non-hydrogen) atoms. The van der Waals surface area contributed by atoms with Crippen molar-refractivity contribution in [3.8, 4) is 17.2 Å². The summed E-state index contributed by atoms with van der Waals surface area (Å²) in [6.45, 7) is 0. The molecule has 0 radical (unpaired) electrons. The monoisotopic (exact) mass is 429 g/mol. The van der Waals surface area contributed by atoms with Crippen LogP contribution in [0.2, 0.25) is 0 Å². The fourth-order valence-corrected chi connectivity index (χ4v) is 4.06. The summed E-state index contributed by atoms with van der Waals surface area (Å²) in [5.41, 5.74) is 0.0684. The first-order valence-corrected chi connectivity index (χ1v) is 10.2. The molecule has 1 aromatic heterocycles. The number of amides is 1. The molecule has 0 aliphatic carbocycles. The highest BCUT2D eigenvalue weighted by Crippen LogP contribution is 2.37. The summed E-state index contributed by atoms with van der Waals surface area (Å²) < 4.78 is 52.4. The lowest BCUT2D eigenvalue weighted by Crippen LogP contribution is -2.26. The highest BCUT2D eigenvalue weighted by molar-refractivity contribution is 7.92. The van der Waals surface area contributed by atoms with Crippen LogP contribution in [0, 0.1) is 5.82 Å². The molecule has 0 atom stereocenters. The lowest BCUT2D eigenvalue weighted by Gasteiger charge is -2.14. The minimum atomic E-state index is -4.10. The zero-order chi connectivity index (χ0) is 21.5. The number of hydrogen-bond donors (Lipinski definition) is 1. The molecule has 2 heterocycles. The summed E-state index contributed by atoms with van der Waals surface area (Å²) in [5.74, 6) is -0.315. The second-order valence-electron chi connectivity index (χ2n) is 6.40. The number of hydrogen-bond acceptors (Lipinski definition) is 6. The van der Waals surface area contributed by atoms with E-state index in [9.17, 15) is 17.6 Å². The molecule has 1 N–H and O–H groups in total. The van der Waals surface area contributed by atoms with E-state index >= 15 is 0 Å². The van der Waals surface area contributed by atoms with Gasteiger partial charge in [0, 0.05) is 19.3 Å². The average Bonchev–Trinajstić information content (AvgIpc) is 2.83. The van der Waals surface area contributed by atoms with Gasteiger partial charge in [0.05, 0.1) is 23.3 Å². The molecule has 8 nitrogen and oxygen atoms in total. The number of pyridine rings is 1. The molecule has 1 aliphatic rings. The molecule has 0 bridgehead atoms. The Morgan fingerprint density at radius 2 is 1.93 bits per heavy atom. The van der Waals surface area contributed by atoms with Crippen LogP contribution in [0.3, 0.4) is 0 Å². The minimum absolute atomic E-state index is 0.0121. The Kier molecular flexibility index (Phi) is 4.78. The van der Waals surface area contributed by atoms with Crippen LogP contribution < -0.4 is 19.1 Å². The Morgan fingerprint density at radius 3 is 2.67 bits per heavy atom. The topological polar surface area (TPSA) is 97.8 Å². The van der Waals surface area contributed by atoms with Crippen LogP contribution in [0.15, 0.2) is 59.6 Å². The van der Waals surface area contributed by atoms with Gasteiger partial charge in [-0.1, -0.05) is 0 Å². The normalized spacial score (nSPS) is 13.0. The van der Waals surface area contributed by atoms with Crippen molar-refractivity contribution >= 4 is 27.4 Å². The summed E-state index contributed by atoms with van der Waals surface area (Å²) in [6, 6.07) is 10.9. The van der Waals surface area contributed by atoms with Crippen molar-refractivity contribution in [1.82, 2.24) is 4.98 Å². The van der Waals surface area contributed by atoms with Gasteiger partial charge < -0.3 is 9.47 Å². The maximum Gasteiger partial charge on any atom is 0.263 e. The molecule has 3 aromatic rings. The van der Waals surface area contributed by atoms with Crippen LogP contribution in [0.25, 0.3) is 0 Å². The molecule has 4 rings (SSSR count). The van der Waals surface area contributed by atoms with Crippen molar-refractivity contribution in [1.29, 1.82) is 0 Å². The molecule has 0 fully saturated rings. The van der Waals surface area contributed by atoms with Crippen molar-refractivity contribution in [3.63, 3.8) is 0 Å². The van der Waals surface area contributed by atoms with Gasteiger partial charge in [0.15, 0.2) is 23.1 Å². The fraction of sp³-hybridized carbons (Fsp3) is 0.100. The molecular weight excluding hydrogens is 413 g/mol. The van der Waals surface area contributed by atoms with Gasteiger partial charge in [-0.3, -0.25) is 14.4 Å². The predicted molar refractivity (Wildman–Crippen MR) is 107 cm³/mol. The lowest BCUT2D eigenvalue weighted by atomic mass is 10.2. The summed E-state index contributed by atoms with van der Waals surface area (Å²) >= 11 is 0. The number of carbonyl (C=O) groups is 1. The maximum absolute atomic E-state index is 13.9. The summed E-state index contributed by atoms with van der Waals surface area (Å²) in [7, 11) is -1.28. The van der Waals surface area contributed by atoms with Crippen LogP contribution in [-0.4, -0.2) is 33.5 Å². The Bertz CT molecular complexity index is 1260. The molecule has 2 aromatic carbocycles. The van der Waals surface area contributed by atoms with E-state index in [0.29, 0.717) is 11.6 Å². The molecule has 0 saturated carbocycles. The number of benzene rings is 2. The summed E-state index contributed by atoms with van der Waals surface area (Å²) in [6.07, 6.45) is 1.52. The number of sulfonamides is 1. The quantitative estimate of drug-likeness (QED) is 0.683. The van der Waals surface area contributed by atoms with Gasteiger partial charge in [-0.25, -0.2) is 17.8 Å². The lowest BCUT2D eigenvalue weighted by molar-refractivity contribution is 0.0992. The minimum Gasteiger partial charge on any atom is -0.494 e. The number of nitrogens with zero attached hydrogens (tertiary/aromatic N) is 2. The molecule has 0 spiro atoms. The number of rotatable bonds is 4. The van der Waals surface area contributed by atoms with Gasteiger partial charge in [-0.05, 0) is 42.5 Å². The van der Waals surface area contributed by atoms with E-state index < -0.39 is 21.7 Å². The zero-order valence-corrected chi connectivity index (χ0v) is 16.7. The summed E-state index contributed by atoms with van der Waals surface area (Å²) in [5, 5.41) is 0. The second kappa shape index (κ2) is 7.30. The number of ether oxygens (including phenoxy) is 2. The zero-order valence-electron chi connectivity index (χ0n) is 15.9. The molecular formula is C20H16FN3O5S. The van der Waals surface area contributed by atoms with Crippen LogP contribution >= 0.6 is 0 Å². The van der Waals surface area contributed by atoms with E-state index in [1.54, 1.807) is 12.1 Å². The van der Waals surface area contributed by atoms with E-state index in [0.717, 1.165) is 6.07 Å². The third-order valence-corrected chi connectivity index (χ3v) is 5.87. The number of anilines is 2. The van der Waals surface area contributed by atoms with Gasteiger partial charge in [-0.2, -0.15) is 0 Å². The second-order valence-corrected chi connectivity index (χ2v) is 8.09. The Hall–Kier alpha value is -3.66. The van der Waals surface area contributed by atoms with Gasteiger partial charge in [0.25, 0.3) is 15.9 Å². The van der Waals surface area contributed by atoms with E-state index in [1.165, 1.54) is 55.6 Å². The van der Waals surface area contributed by atoms with Crippen LogP contribution in [0.1, 0.15) is 10.4 Å². The third-order valence-electron chi connectivity index (χ3n) is 4.49. The number of aromatic nitrogens is 1. The Labute approximate surface area is 171 Å². The molecule has 1 amide bonds. The van der Waals surface area contributed by atoms with E-state index in [2.05, 4.69) is 9.71 Å². The van der Waals surface area contributed by atoms with Crippen LogP contribution in [0.5, 0.6) is 17.2 Å². The van der Waals surface area contributed by atoms with E-state index in [-0.39, 0.29) is 27.6 Å².